The number of nitrogens with one attached hydrogen (secondary N) is 1. The Morgan fingerprint density at radius 1 is 1.42 bits per heavy atom. The van der Waals surface area contributed by atoms with Crippen molar-refractivity contribution in [2.45, 2.75) is 30.5 Å². The number of ketones is 1. The van der Waals surface area contributed by atoms with Crippen molar-refractivity contribution in [2.75, 3.05) is 11.6 Å². The highest BCUT2D eigenvalue weighted by molar-refractivity contribution is 7.98. The number of benzene rings is 1. The van der Waals surface area contributed by atoms with E-state index in [1.807, 2.05) is 6.26 Å². The van der Waals surface area contributed by atoms with E-state index in [4.69, 9.17) is 11.6 Å². The molecule has 2 aliphatic rings. The van der Waals surface area contributed by atoms with Gasteiger partial charge in [0, 0.05) is 40.4 Å². The Kier molecular flexibility index (Phi) is 4.20. The Labute approximate surface area is 157 Å². The van der Waals surface area contributed by atoms with E-state index in [-0.39, 0.29) is 11.5 Å². The van der Waals surface area contributed by atoms with Crippen molar-refractivity contribution < 1.29 is 9.72 Å². The highest BCUT2D eigenvalue weighted by Crippen LogP contribution is 2.43. The van der Waals surface area contributed by atoms with Crippen LogP contribution in [0, 0.1) is 10.1 Å². The van der Waals surface area contributed by atoms with E-state index in [9.17, 15) is 14.9 Å². The molecule has 26 heavy (non-hydrogen) atoms. The number of allylic oxidation sites excluding steroid dienone is 2. The van der Waals surface area contributed by atoms with Crippen LogP contribution in [0.15, 0.2) is 34.6 Å². The number of non-ortho nitro benzene ring substituents is 1. The van der Waals surface area contributed by atoms with Crippen molar-refractivity contribution in [3.63, 3.8) is 0 Å². The SMILES string of the molecule is CSc1nc2n(n1)C(c1cc([N+](=O)[O-])ccc1Cl)C1=C(CCCC1=O)N2. The zero-order valence-electron chi connectivity index (χ0n) is 13.7. The third-order valence-electron chi connectivity index (χ3n) is 4.52. The van der Waals surface area contributed by atoms with E-state index >= 15 is 0 Å². The van der Waals surface area contributed by atoms with Gasteiger partial charge in [0.05, 0.1) is 4.92 Å². The molecule has 0 spiro atoms. The highest BCUT2D eigenvalue weighted by atomic mass is 35.5. The average molecular weight is 392 g/mol. The van der Waals surface area contributed by atoms with Gasteiger partial charge in [-0.05, 0) is 25.2 Å². The summed E-state index contributed by atoms with van der Waals surface area (Å²) < 4.78 is 1.60. The molecule has 1 N–H and O–H groups in total. The summed E-state index contributed by atoms with van der Waals surface area (Å²) >= 11 is 7.75. The molecule has 0 amide bonds. The third kappa shape index (κ3) is 2.67. The van der Waals surface area contributed by atoms with Crippen LogP contribution in [-0.4, -0.2) is 31.7 Å². The van der Waals surface area contributed by atoms with Crippen LogP contribution in [0.5, 0.6) is 0 Å². The fourth-order valence-electron chi connectivity index (χ4n) is 3.36. The molecule has 4 rings (SSSR count). The van der Waals surface area contributed by atoms with Crippen LogP contribution < -0.4 is 5.32 Å². The molecule has 0 saturated heterocycles. The van der Waals surface area contributed by atoms with Gasteiger partial charge in [0.25, 0.3) is 5.69 Å². The number of carbonyl (C=O) groups excluding carboxylic acids is 1. The van der Waals surface area contributed by atoms with E-state index in [0.717, 1.165) is 12.1 Å². The Morgan fingerprint density at radius 2 is 2.23 bits per heavy atom. The first-order chi connectivity index (χ1) is 12.5. The molecule has 0 bridgehead atoms. The first kappa shape index (κ1) is 17.0. The van der Waals surface area contributed by atoms with Crippen molar-refractivity contribution >= 4 is 40.8 Å². The van der Waals surface area contributed by atoms with Crippen LogP contribution in [0.25, 0.3) is 0 Å². The summed E-state index contributed by atoms with van der Waals surface area (Å²) in [6.45, 7) is 0. The van der Waals surface area contributed by atoms with Gasteiger partial charge in [-0.3, -0.25) is 14.9 Å². The molecule has 1 unspecified atom stereocenters. The van der Waals surface area contributed by atoms with Gasteiger partial charge >= 0.3 is 0 Å². The van der Waals surface area contributed by atoms with E-state index in [0.29, 0.717) is 40.1 Å². The lowest BCUT2D eigenvalue weighted by atomic mass is 9.85. The minimum atomic E-state index is -0.630. The summed E-state index contributed by atoms with van der Waals surface area (Å²) in [7, 11) is 0. The number of nitro groups is 1. The predicted molar refractivity (Wildman–Crippen MR) is 97.6 cm³/mol. The number of hydrogen-bond donors (Lipinski definition) is 1. The number of anilines is 1. The maximum absolute atomic E-state index is 12.7. The average Bonchev–Trinajstić information content (AvgIpc) is 3.03. The lowest BCUT2D eigenvalue weighted by Gasteiger charge is -2.32. The van der Waals surface area contributed by atoms with E-state index < -0.39 is 11.0 Å². The lowest BCUT2D eigenvalue weighted by molar-refractivity contribution is -0.384. The second kappa shape index (κ2) is 6.40. The minimum Gasteiger partial charge on any atom is -0.328 e. The number of nitro benzene ring substituents is 1. The predicted octanol–water partition coefficient (Wildman–Crippen LogP) is 3.58. The van der Waals surface area contributed by atoms with Crippen molar-refractivity contribution in [1.82, 2.24) is 14.8 Å². The van der Waals surface area contributed by atoms with Crippen LogP contribution in [0.1, 0.15) is 30.9 Å². The number of thioether (sulfide) groups is 1. The summed E-state index contributed by atoms with van der Waals surface area (Å²) in [6, 6.07) is 3.61. The molecular weight excluding hydrogens is 378 g/mol. The number of carbonyl (C=O) groups is 1. The monoisotopic (exact) mass is 391 g/mol. The molecule has 1 aliphatic carbocycles. The molecule has 2 aromatic rings. The van der Waals surface area contributed by atoms with E-state index in [1.165, 1.54) is 30.0 Å². The first-order valence-electron chi connectivity index (χ1n) is 7.97. The second-order valence-electron chi connectivity index (χ2n) is 6.03. The molecule has 1 aromatic carbocycles. The topological polar surface area (TPSA) is 103 Å². The van der Waals surface area contributed by atoms with Crippen LogP contribution in [-0.2, 0) is 4.79 Å². The molecular formula is C16H14ClN5O3S. The van der Waals surface area contributed by atoms with E-state index in [1.54, 1.807) is 4.68 Å². The Balaban J connectivity index is 1.96. The second-order valence-corrected chi connectivity index (χ2v) is 7.21. The molecule has 8 nitrogen and oxygen atoms in total. The normalized spacial score (nSPS) is 19.0. The Morgan fingerprint density at radius 3 is 2.96 bits per heavy atom. The Hall–Kier alpha value is -2.39. The van der Waals surface area contributed by atoms with Crippen LogP contribution in [0.2, 0.25) is 5.02 Å². The van der Waals surface area contributed by atoms with Crippen molar-refractivity contribution in [3.8, 4) is 0 Å². The van der Waals surface area contributed by atoms with Gasteiger partial charge in [0.15, 0.2) is 5.78 Å². The smallest absolute Gasteiger partial charge is 0.269 e. The summed E-state index contributed by atoms with van der Waals surface area (Å²) in [6.07, 6.45) is 3.76. The fourth-order valence-corrected chi connectivity index (χ4v) is 3.93. The molecule has 10 heteroatoms. The number of fused-ring (bicyclic) bond motifs is 1. The maximum atomic E-state index is 12.7. The van der Waals surface area contributed by atoms with Crippen LogP contribution in [0.3, 0.4) is 0 Å². The molecule has 1 aliphatic heterocycles. The van der Waals surface area contributed by atoms with Crippen molar-refractivity contribution in [1.29, 1.82) is 0 Å². The molecule has 2 heterocycles. The van der Waals surface area contributed by atoms with Crippen LogP contribution >= 0.6 is 23.4 Å². The van der Waals surface area contributed by atoms with Crippen molar-refractivity contribution in [2.24, 2.45) is 0 Å². The van der Waals surface area contributed by atoms with Gasteiger partial charge in [0.1, 0.15) is 6.04 Å². The zero-order chi connectivity index (χ0) is 18.4. The van der Waals surface area contributed by atoms with Gasteiger partial charge in [0.2, 0.25) is 11.1 Å². The fraction of sp³-hybridized carbons (Fsp3) is 0.312. The van der Waals surface area contributed by atoms with Crippen LogP contribution in [0.4, 0.5) is 11.6 Å². The number of Topliss-reactive ketones (excluding diaryl/α,β-unsaturated/α-hetero) is 1. The molecule has 0 radical (unpaired) electrons. The van der Waals surface area contributed by atoms with Gasteiger partial charge < -0.3 is 5.32 Å². The minimum absolute atomic E-state index is 0.00169. The van der Waals surface area contributed by atoms with Gasteiger partial charge in [-0.2, -0.15) is 4.98 Å². The summed E-state index contributed by atoms with van der Waals surface area (Å²) in [5.74, 6) is 0.508. The van der Waals surface area contributed by atoms with Crippen molar-refractivity contribution in [3.05, 3.63) is 50.2 Å². The summed E-state index contributed by atoms with van der Waals surface area (Å²) in [5, 5.41) is 19.8. The number of aromatic nitrogens is 3. The standard InChI is InChI=1S/C16H14ClN5O3S/c1-26-16-19-15-18-11-3-2-4-12(23)13(11)14(21(15)20-16)9-7-8(22(24)25)5-6-10(9)17/h5-7,14H,2-4H2,1H3,(H,18,19,20). The zero-order valence-corrected chi connectivity index (χ0v) is 15.3. The number of nitrogens with zero attached hydrogens (tertiary/aromatic N) is 4. The number of halogens is 1. The summed E-state index contributed by atoms with van der Waals surface area (Å²) in [5.41, 5.74) is 1.74. The van der Waals surface area contributed by atoms with Gasteiger partial charge in [-0.15, -0.1) is 5.10 Å². The number of rotatable bonds is 3. The molecule has 0 fully saturated rings. The third-order valence-corrected chi connectivity index (χ3v) is 5.40. The largest absolute Gasteiger partial charge is 0.328 e. The maximum Gasteiger partial charge on any atom is 0.269 e. The van der Waals surface area contributed by atoms with Gasteiger partial charge in [-0.1, -0.05) is 23.4 Å². The first-order valence-corrected chi connectivity index (χ1v) is 9.57. The molecule has 0 saturated carbocycles. The molecule has 134 valence electrons. The highest BCUT2D eigenvalue weighted by Gasteiger charge is 2.38. The Bertz CT molecular complexity index is 971. The van der Waals surface area contributed by atoms with E-state index in [2.05, 4.69) is 15.4 Å². The quantitative estimate of drug-likeness (QED) is 0.484. The molecule has 1 atom stereocenters. The van der Waals surface area contributed by atoms with Gasteiger partial charge in [-0.25, -0.2) is 4.68 Å². The summed E-state index contributed by atoms with van der Waals surface area (Å²) in [4.78, 5) is 27.9. The lowest BCUT2D eigenvalue weighted by Crippen LogP contribution is -2.31. The number of hydrogen-bond acceptors (Lipinski definition) is 7. The molecule has 1 aromatic heterocycles.